The van der Waals surface area contributed by atoms with Gasteiger partial charge in [0.25, 0.3) is 0 Å². The van der Waals surface area contributed by atoms with Gasteiger partial charge in [0.2, 0.25) is 12.2 Å². The Morgan fingerprint density at radius 1 is 1.75 bits per heavy atom. The van der Waals surface area contributed by atoms with Gasteiger partial charge in [0, 0.05) is 0 Å². The van der Waals surface area contributed by atoms with E-state index in [1.165, 1.54) is 6.29 Å². The molecule has 0 atom stereocenters. The van der Waals surface area contributed by atoms with Crippen molar-refractivity contribution in [1.29, 1.82) is 0 Å². The van der Waals surface area contributed by atoms with Crippen LogP contribution < -0.4 is 5.32 Å². The summed E-state index contributed by atoms with van der Waals surface area (Å²) in [4.78, 5) is 19.7. The molecule has 0 heterocycles. The van der Waals surface area contributed by atoms with Crippen molar-refractivity contribution in [2.75, 3.05) is 11.9 Å². The molecular weight excluding hydrogens is 174 g/mol. The fourth-order valence-electron chi connectivity index (χ4n) is 0.182. The highest BCUT2D eigenvalue weighted by Gasteiger charge is 1.92. The van der Waals surface area contributed by atoms with Crippen LogP contribution in [0.15, 0.2) is 0 Å². The van der Waals surface area contributed by atoms with Crippen molar-refractivity contribution in [3.63, 3.8) is 0 Å². The second kappa shape index (κ2) is 4.77. The Morgan fingerprint density at radius 2 is 2.38 bits per heavy atom. The van der Waals surface area contributed by atoms with E-state index in [0.29, 0.717) is 0 Å². The Hall–Kier alpha value is -0.380. The van der Waals surface area contributed by atoms with Crippen LogP contribution in [0.5, 0.6) is 0 Å². The number of amides is 1. The van der Waals surface area contributed by atoms with Gasteiger partial charge >= 0.3 is 0 Å². The van der Waals surface area contributed by atoms with E-state index in [0.717, 1.165) is 0 Å². The maximum atomic E-state index is 10.2. The van der Waals surface area contributed by atoms with Gasteiger partial charge < -0.3 is 5.32 Å². The van der Waals surface area contributed by atoms with Crippen molar-refractivity contribution in [1.82, 2.24) is 5.32 Å². The Kier molecular flexibility index (Phi) is 4.54. The molecule has 0 aromatic carbocycles. The quantitative estimate of drug-likeness (QED) is 0.599. The van der Waals surface area contributed by atoms with E-state index < -0.39 is 0 Å². The fourth-order valence-corrected chi connectivity index (χ4v) is 0.380. The number of halogens is 1. The number of carbonyl (C=O) groups excluding carboxylic acids is 2. The highest BCUT2D eigenvalue weighted by molar-refractivity contribution is 9.09. The molecule has 0 aliphatic heterocycles. The Morgan fingerprint density at radius 3 is 2.75 bits per heavy atom. The molecule has 4 heteroatoms. The lowest BCUT2D eigenvalue weighted by Gasteiger charge is -1.91. The average Bonchev–Trinajstić information content (AvgIpc) is 1.83. The molecule has 45 valence electrons. The van der Waals surface area contributed by atoms with Gasteiger partial charge in [-0.1, -0.05) is 15.9 Å². The minimum absolute atomic E-state index is 0.0234. The molecule has 1 radical (unpaired) electrons. The van der Waals surface area contributed by atoms with Crippen LogP contribution in [0.2, 0.25) is 0 Å². The summed E-state index contributed by atoms with van der Waals surface area (Å²) >= 11 is 2.90. The Labute approximate surface area is 55.6 Å². The summed E-state index contributed by atoms with van der Waals surface area (Å²) < 4.78 is 0. The highest BCUT2D eigenvalue weighted by Crippen LogP contribution is 1.75. The maximum Gasteiger partial charge on any atom is 0.231 e. The minimum atomic E-state index is -0.201. The monoisotopic (exact) mass is 178 g/mol. The van der Waals surface area contributed by atoms with Crippen molar-refractivity contribution >= 4 is 28.1 Å². The predicted octanol–water partition coefficient (Wildman–Crippen LogP) is -0.393. The van der Waals surface area contributed by atoms with Crippen molar-refractivity contribution < 1.29 is 9.59 Å². The van der Waals surface area contributed by atoms with Crippen molar-refractivity contribution in [3.05, 3.63) is 0 Å². The molecule has 0 saturated heterocycles. The maximum absolute atomic E-state index is 10.2. The number of carbonyl (C=O) groups is 1. The number of rotatable bonds is 3. The van der Waals surface area contributed by atoms with Gasteiger partial charge in [-0.3, -0.25) is 9.59 Å². The van der Waals surface area contributed by atoms with Gasteiger partial charge in [0.15, 0.2) is 0 Å². The van der Waals surface area contributed by atoms with Gasteiger partial charge in [-0.25, -0.2) is 0 Å². The summed E-state index contributed by atoms with van der Waals surface area (Å²) in [5, 5.41) is 2.50. The zero-order valence-electron chi connectivity index (χ0n) is 4.11. The second-order valence-electron chi connectivity index (χ2n) is 1.05. The van der Waals surface area contributed by atoms with Gasteiger partial charge in [0.1, 0.15) is 0 Å². The normalized spacial score (nSPS) is 8.12. The number of nitrogens with one attached hydrogen (secondary N) is 1. The zero-order valence-corrected chi connectivity index (χ0v) is 5.69. The van der Waals surface area contributed by atoms with Gasteiger partial charge in [-0.05, 0) is 0 Å². The fraction of sp³-hybridized carbons (Fsp3) is 0.500. The molecule has 0 aromatic heterocycles. The first-order chi connectivity index (χ1) is 3.81. The van der Waals surface area contributed by atoms with Crippen LogP contribution in [0.3, 0.4) is 0 Å². The van der Waals surface area contributed by atoms with Crippen LogP contribution in [0.4, 0.5) is 0 Å². The van der Waals surface area contributed by atoms with Gasteiger partial charge in [0.05, 0.1) is 11.9 Å². The van der Waals surface area contributed by atoms with E-state index in [2.05, 4.69) is 21.2 Å². The van der Waals surface area contributed by atoms with Crippen LogP contribution in [-0.4, -0.2) is 24.1 Å². The van der Waals surface area contributed by atoms with E-state index in [4.69, 9.17) is 0 Å². The first-order valence-electron chi connectivity index (χ1n) is 1.99. The average molecular weight is 179 g/mol. The topological polar surface area (TPSA) is 46.2 Å². The largest absolute Gasteiger partial charge is 0.348 e. The van der Waals surface area contributed by atoms with E-state index >= 15 is 0 Å². The molecule has 0 bridgehead atoms. The molecule has 3 nitrogen and oxygen atoms in total. The summed E-state index contributed by atoms with van der Waals surface area (Å²) in [5.41, 5.74) is 0. The molecule has 0 aromatic rings. The molecule has 1 amide bonds. The summed E-state index contributed by atoms with van der Waals surface area (Å²) in [7, 11) is 0. The van der Waals surface area contributed by atoms with Crippen molar-refractivity contribution in [2.24, 2.45) is 0 Å². The third-order valence-corrected chi connectivity index (χ3v) is 0.988. The predicted molar refractivity (Wildman–Crippen MR) is 32.5 cm³/mol. The van der Waals surface area contributed by atoms with Crippen molar-refractivity contribution in [3.8, 4) is 0 Å². The van der Waals surface area contributed by atoms with E-state index in [1.807, 2.05) is 0 Å². The lowest BCUT2D eigenvalue weighted by atomic mass is 10.6. The van der Waals surface area contributed by atoms with Crippen LogP contribution >= 0.6 is 15.9 Å². The third kappa shape index (κ3) is 3.80. The molecule has 1 N–H and O–H groups in total. The number of alkyl halides is 1. The molecule has 0 saturated carbocycles. The second-order valence-corrected chi connectivity index (χ2v) is 1.62. The van der Waals surface area contributed by atoms with Gasteiger partial charge in [-0.15, -0.1) is 0 Å². The molecule has 0 aliphatic rings. The Balaban J connectivity index is 3.11. The molecule has 8 heavy (non-hydrogen) atoms. The minimum Gasteiger partial charge on any atom is -0.348 e. The molecule has 0 aliphatic carbocycles. The first kappa shape index (κ1) is 7.62. The third-order valence-electron chi connectivity index (χ3n) is 0.479. The van der Waals surface area contributed by atoms with Crippen LogP contribution in [0, 0.1) is 0 Å². The number of hydrogen-bond acceptors (Lipinski definition) is 2. The van der Waals surface area contributed by atoms with E-state index in [9.17, 15) is 9.59 Å². The standard InChI is InChI=1S/C4H5BrNO2/c5-3-4(8)6-1-2-7/h1,3H2,(H,6,8). The summed E-state index contributed by atoms with van der Waals surface area (Å²) in [6.45, 7) is -0.0234. The molecule has 0 spiro atoms. The highest BCUT2D eigenvalue weighted by atomic mass is 79.9. The first-order valence-corrected chi connectivity index (χ1v) is 3.11. The smallest absolute Gasteiger partial charge is 0.231 e. The summed E-state index contributed by atoms with van der Waals surface area (Å²) in [6, 6.07) is 0. The lowest BCUT2D eigenvalue weighted by Crippen LogP contribution is -2.25. The molecule has 0 fully saturated rings. The number of hydrogen-bond donors (Lipinski definition) is 1. The zero-order chi connectivity index (χ0) is 6.41. The van der Waals surface area contributed by atoms with Crippen LogP contribution in [-0.2, 0) is 9.59 Å². The molecule has 0 unspecified atom stereocenters. The van der Waals surface area contributed by atoms with Gasteiger partial charge in [-0.2, -0.15) is 0 Å². The molecular formula is C4H5BrNO2. The van der Waals surface area contributed by atoms with Crippen LogP contribution in [0.1, 0.15) is 0 Å². The van der Waals surface area contributed by atoms with Crippen LogP contribution in [0.25, 0.3) is 0 Å². The lowest BCUT2D eigenvalue weighted by molar-refractivity contribution is -0.118. The summed E-state index contributed by atoms with van der Waals surface area (Å²) in [6.07, 6.45) is 1.53. The Bertz CT molecular complexity index is 94.0. The van der Waals surface area contributed by atoms with Crippen molar-refractivity contribution in [2.45, 2.75) is 0 Å². The van der Waals surface area contributed by atoms with E-state index in [-0.39, 0.29) is 17.8 Å². The SMILES string of the molecule is O=[C]CNC(=O)CBr. The summed E-state index contributed by atoms with van der Waals surface area (Å²) in [5.74, 6) is -0.201. The van der Waals surface area contributed by atoms with E-state index in [1.54, 1.807) is 0 Å². The molecule has 0 rings (SSSR count).